The zero-order chi connectivity index (χ0) is 11.6. The molecule has 0 spiro atoms. The number of carboxylic acids is 1. The SMILES string of the molecule is CC(=O)N(C)C(C(=O)O)c1cnn(C)c1. The molecule has 1 aromatic heterocycles. The van der Waals surface area contributed by atoms with E-state index in [0.29, 0.717) is 5.56 Å². The van der Waals surface area contributed by atoms with E-state index in [9.17, 15) is 9.59 Å². The molecule has 0 saturated heterocycles. The molecule has 0 aromatic carbocycles. The van der Waals surface area contributed by atoms with E-state index in [4.69, 9.17) is 5.11 Å². The number of amides is 1. The molecule has 0 fully saturated rings. The van der Waals surface area contributed by atoms with Crippen molar-refractivity contribution in [1.29, 1.82) is 0 Å². The lowest BCUT2D eigenvalue weighted by Gasteiger charge is -2.22. The average molecular weight is 211 g/mol. The molecule has 0 radical (unpaired) electrons. The molecule has 1 aromatic rings. The highest BCUT2D eigenvalue weighted by molar-refractivity contribution is 5.83. The van der Waals surface area contributed by atoms with Gasteiger partial charge in [-0.05, 0) is 0 Å². The molecule has 1 unspecified atom stereocenters. The van der Waals surface area contributed by atoms with Gasteiger partial charge in [0.15, 0.2) is 6.04 Å². The van der Waals surface area contributed by atoms with E-state index in [1.165, 1.54) is 29.7 Å². The first-order valence-electron chi connectivity index (χ1n) is 4.38. The van der Waals surface area contributed by atoms with Gasteiger partial charge in [-0.25, -0.2) is 4.79 Å². The van der Waals surface area contributed by atoms with E-state index < -0.39 is 12.0 Å². The molecule has 1 amide bonds. The van der Waals surface area contributed by atoms with Crippen LogP contribution in [0.1, 0.15) is 18.5 Å². The standard InChI is InChI=1S/C9H13N3O3/c1-6(13)12(3)8(9(14)15)7-4-10-11(2)5-7/h4-5,8H,1-3H3,(H,14,15). The second-order valence-corrected chi connectivity index (χ2v) is 3.32. The number of aromatic nitrogens is 2. The highest BCUT2D eigenvalue weighted by Gasteiger charge is 2.27. The Labute approximate surface area is 87.1 Å². The average Bonchev–Trinajstić information content (AvgIpc) is 2.51. The van der Waals surface area contributed by atoms with Crippen molar-refractivity contribution >= 4 is 11.9 Å². The fourth-order valence-electron chi connectivity index (χ4n) is 1.29. The van der Waals surface area contributed by atoms with Gasteiger partial charge in [0.05, 0.1) is 6.20 Å². The minimum absolute atomic E-state index is 0.300. The summed E-state index contributed by atoms with van der Waals surface area (Å²) in [5.74, 6) is -1.37. The molecule has 1 N–H and O–H groups in total. The van der Waals surface area contributed by atoms with Crippen molar-refractivity contribution in [3.8, 4) is 0 Å². The van der Waals surface area contributed by atoms with Crippen molar-refractivity contribution in [3.63, 3.8) is 0 Å². The number of hydrogen-bond donors (Lipinski definition) is 1. The van der Waals surface area contributed by atoms with Crippen molar-refractivity contribution in [2.75, 3.05) is 7.05 Å². The summed E-state index contributed by atoms with van der Waals surface area (Å²) in [7, 11) is 3.14. The number of rotatable bonds is 3. The second-order valence-electron chi connectivity index (χ2n) is 3.32. The van der Waals surface area contributed by atoms with Crippen LogP contribution in [0.2, 0.25) is 0 Å². The van der Waals surface area contributed by atoms with Crippen LogP contribution < -0.4 is 0 Å². The smallest absolute Gasteiger partial charge is 0.331 e. The first kappa shape index (κ1) is 11.2. The molecular weight excluding hydrogens is 198 g/mol. The lowest BCUT2D eigenvalue weighted by molar-refractivity contribution is -0.148. The number of aliphatic carboxylic acids is 1. The summed E-state index contributed by atoms with van der Waals surface area (Å²) in [5.41, 5.74) is 0.489. The number of carbonyl (C=O) groups is 2. The molecule has 1 rings (SSSR count). The van der Waals surface area contributed by atoms with E-state index in [1.54, 1.807) is 13.2 Å². The van der Waals surface area contributed by atoms with Crippen LogP contribution in [0.5, 0.6) is 0 Å². The van der Waals surface area contributed by atoms with Gasteiger partial charge in [-0.2, -0.15) is 5.10 Å². The van der Waals surface area contributed by atoms with Crippen LogP contribution in [0.25, 0.3) is 0 Å². The summed E-state index contributed by atoms with van der Waals surface area (Å²) in [6.45, 7) is 1.33. The fourth-order valence-corrected chi connectivity index (χ4v) is 1.29. The molecule has 15 heavy (non-hydrogen) atoms. The first-order chi connectivity index (χ1) is 6.93. The second kappa shape index (κ2) is 4.12. The summed E-state index contributed by atoms with van der Waals surface area (Å²) in [5, 5.41) is 12.9. The van der Waals surface area contributed by atoms with Crippen LogP contribution in [0.4, 0.5) is 0 Å². The van der Waals surface area contributed by atoms with Crippen LogP contribution in [0, 0.1) is 0 Å². The predicted octanol–water partition coefficient (Wildman–Crippen LogP) is 0.0241. The zero-order valence-corrected chi connectivity index (χ0v) is 8.84. The third kappa shape index (κ3) is 2.34. The van der Waals surface area contributed by atoms with Crippen LogP contribution in [0.15, 0.2) is 12.4 Å². The largest absolute Gasteiger partial charge is 0.479 e. The third-order valence-corrected chi connectivity index (χ3v) is 2.16. The maximum absolute atomic E-state index is 11.1. The number of likely N-dealkylation sites (N-methyl/N-ethyl adjacent to an activating group) is 1. The summed E-state index contributed by atoms with van der Waals surface area (Å²) < 4.78 is 1.50. The van der Waals surface area contributed by atoms with Gasteiger partial charge in [-0.1, -0.05) is 0 Å². The number of carboxylic acid groups (broad SMARTS) is 1. The molecule has 0 aliphatic carbocycles. The monoisotopic (exact) mass is 211 g/mol. The lowest BCUT2D eigenvalue weighted by Crippen LogP contribution is -2.34. The van der Waals surface area contributed by atoms with Crippen LogP contribution >= 0.6 is 0 Å². The van der Waals surface area contributed by atoms with E-state index in [-0.39, 0.29) is 5.91 Å². The Kier molecular flexibility index (Phi) is 3.08. The third-order valence-electron chi connectivity index (χ3n) is 2.16. The van der Waals surface area contributed by atoms with Crippen LogP contribution in [-0.2, 0) is 16.6 Å². The van der Waals surface area contributed by atoms with Gasteiger partial charge < -0.3 is 10.0 Å². The Hall–Kier alpha value is -1.85. The Morgan fingerprint density at radius 3 is 2.53 bits per heavy atom. The minimum atomic E-state index is -1.07. The number of aryl methyl sites for hydroxylation is 1. The topological polar surface area (TPSA) is 75.4 Å². The zero-order valence-electron chi connectivity index (χ0n) is 8.84. The molecule has 0 aliphatic heterocycles. The van der Waals surface area contributed by atoms with Gasteiger partial charge >= 0.3 is 5.97 Å². The molecule has 6 heteroatoms. The molecule has 1 heterocycles. The molecular formula is C9H13N3O3. The Bertz CT molecular complexity index is 386. The van der Waals surface area contributed by atoms with Gasteiger partial charge in [-0.15, -0.1) is 0 Å². The van der Waals surface area contributed by atoms with Gasteiger partial charge in [-0.3, -0.25) is 9.48 Å². The van der Waals surface area contributed by atoms with Gasteiger partial charge in [0.2, 0.25) is 5.91 Å². The maximum Gasteiger partial charge on any atom is 0.331 e. The van der Waals surface area contributed by atoms with Crippen molar-refractivity contribution in [1.82, 2.24) is 14.7 Å². The number of carbonyl (C=O) groups excluding carboxylic acids is 1. The van der Waals surface area contributed by atoms with Crippen LogP contribution in [0.3, 0.4) is 0 Å². The van der Waals surface area contributed by atoms with E-state index in [2.05, 4.69) is 5.10 Å². The summed E-state index contributed by atoms with van der Waals surface area (Å²) in [4.78, 5) is 23.3. The molecule has 82 valence electrons. The van der Waals surface area contributed by atoms with Crippen LogP contribution in [-0.4, -0.2) is 38.7 Å². The quantitative estimate of drug-likeness (QED) is 0.765. The van der Waals surface area contributed by atoms with E-state index in [0.717, 1.165) is 0 Å². The van der Waals surface area contributed by atoms with E-state index in [1.807, 2.05) is 0 Å². The van der Waals surface area contributed by atoms with Crippen molar-refractivity contribution < 1.29 is 14.7 Å². The summed E-state index contributed by atoms with van der Waals surface area (Å²) in [6, 6.07) is -0.976. The first-order valence-corrected chi connectivity index (χ1v) is 4.38. The molecule has 0 bridgehead atoms. The highest BCUT2D eigenvalue weighted by atomic mass is 16.4. The predicted molar refractivity (Wildman–Crippen MR) is 52.0 cm³/mol. The lowest BCUT2D eigenvalue weighted by atomic mass is 10.1. The van der Waals surface area contributed by atoms with Gasteiger partial charge in [0.25, 0.3) is 0 Å². The highest BCUT2D eigenvalue weighted by Crippen LogP contribution is 2.18. The maximum atomic E-state index is 11.1. The Morgan fingerprint density at radius 2 is 2.20 bits per heavy atom. The van der Waals surface area contributed by atoms with E-state index >= 15 is 0 Å². The summed E-state index contributed by atoms with van der Waals surface area (Å²) in [6.07, 6.45) is 3.02. The number of nitrogens with zero attached hydrogens (tertiary/aromatic N) is 3. The number of hydrogen-bond acceptors (Lipinski definition) is 3. The van der Waals surface area contributed by atoms with Gasteiger partial charge in [0, 0.05) is 32.8 Å². The summed E-state index contributed by atoms with van der Waals surface area (Å²) >= 11 is 0. The molecule has 0 saturated carbocycles. The van der Waals surface area contributed by atoms with Crippen molar-refractivity contribution in [2.24, 2.45) is 7.05 Å². The molecule has 0 aliphatic rings. The van der Waals surface area contributed by atoms with Crippen molar-refractivity contribution in [3.05, 3.63) is 18.0 Å². The molecule has 1 atom stereocenters. The Balaban J connectivity index is 3.03. The van der Waals surface area contributed by atoms with Gasteiger partial charge in [0.1, 0.15) is 0 Å². The minimum Gasteiger partial charge on any atom is -0.479 e. The van der Waals surface area contributed by atoms with Crippen molar-refractivity contribution in [2.45, 2.75) is 13.0 Å². The molecule has 6 nitrogen and oxygen atoms in total. The fraction of sp³-hybridized carbons (Fsp3) is 0.444. The Morgan fingerprint density at radius 1 is 1.60 bits per heavy atom. The normalized spacial score (nSPS) is 12.2.